The third kappa shape index (κ3) is 3.94. The van der Waals surface area contributed by atoms with Crippen molar-refractivity contribution in [3.8, 4) is 0 Å². The Morgan fingerprint density at radius 2 is 1.89 bits per heavy atom. The highest BCUT2D eigenvalue weighted by Gasteiger charge is 2.31. The number of likely N-dealkylation sites (tertiary alicyclic amines) is 1. The summed E-state index contributed by atoms with van der Waals surface area (Å²) < 4.78 is 23.2. The van der Waals surface area contributed by atoms with E-state index in [2.05, 4.69) is 4.90 Å². The van der Waals surface area contributed by atoms with Gasteiger partial charge in [-0.3, -0.25) is 0 Å². The summed E-state index contributed by atoms with van der Waals surface area (Å²) in [7, 11) is -0.908. The number of benzene rings is 1. The number of halogens is 1. The maximum atomic E-state index is 11.6. The molecule has 1 heterocycles. The van der Waals surface area contributed by atoms with Crippen molar-refractivity contribution in [2.75, 3.05) is 19.8 Å². The summed E-state index contributed by atoms with van der Waals surface area (Å²) in [6.45, 7) is 0.636. The summed E-state index contributed by atoms with van der Waals surface area (Å²) in [5, 5.41) is 0.539. The highest BCUT2D eigenvalue weighted by molar-refractivity contribution is 7.91. The van der Waals surface area contributed by atoms with E-state index in [9.17, 15) is 8.42 Å². The normalized spacial score (nSPS) is 25.4. The van der Waals surface area contributed by atoms with E-state index in [-0.39, 0.29) is 5.25 Å². The van der Waals surface area contributed by atoms with Gasteiger partial charge in [-0.2, -0.15) is 0 Å². The van der Waals surface area contributed by atoms with Crippen molar-refractivity contribution < 1.29 is 8.42 Å². The highest BCUT2D eigenvalue weighted by atomic mass is 35.5. The molecule has 0 unspecified atom stereocenters. The Bertz CT molecular complexity index is 527. The van der Waals surface area contributed by atoms with Crippen LogP contribution in [0.3, 0.4) is 0 Å². The average molecular weight is 302 g/mol. The monoisotopic (exact) mass is 301 g/mol. The predicted molar refractivity (Wildman–Crippen MR) is 79.4 cm³/mol. The lowest BCUT2D eigenvalue weighted by atomic mass is 9.96. The molecule has 1 fully saturated rings. The van der Waals surface area contributed by atoms with Crippen LogP contribution in [0.25, 0.3) is 0 Å². The van der Waals surface area contributed by atoms with E-state index < -0.39 is 9.84 Å². The van der Waals surface area contributed by atoms with Crippen LogP contribution in [0.15, 0.2) is 24.3 Å². The van der Waals surface area contributed by atoms with Crippen molar-refractivity contribution in [1.82, 2.24) is 4.90 Å². The van der Waals surface area contributed by atoms with E-state index in [1.807, 2.05) is 31.3 Å². The first kappa shape index (κ1) is 14.8. The molecular weight excluding hydrogens is 282 g/mol. The molecule has 2 atom stereocenters. The zero-order valence-electron chi connectivity index (χ0n) is 11.3. The van der Waals surface area contributed by atoms with Crippen LogP contribution in [-0.4, -0.2) is 44.5 Å². The van der Waals surface area contributed by atoms with Crippen molar-refractivity contribution in [2.24, 2.45) is 0 Å². The van der Waals surface area contributed by atoms with E-state index in [0.29, 0.717) is 12.6 Å². The topological polar surface area (TPSA) is 37.4 Å². The molecule has 1 aromatic carbocycles. The molecule has 2 rings (SSSR count). The maximum absolute atomic E-state index is 11.6. The van der Waals surface area contributed by atoms with Gasteiger partial charge in [0.1, 0.15) is 0 Å². The molecule has 3 nitrogen and oxygen atoms in total. The van der Waals surface area contributed by atoms with Crippen LogP contribution in [-0.2, 0) is 16.3 Å². The summed E-state index contributed by atoms with van der Waals surface area (Å²) in [6, 6.07) is 8.30. The Morgan fingerprint density at radius 3 is 2.42 bits per heavy atom. The van der Waals surface area contributed by atoms with Gasteiger partial charge in [-0.25, -0.2) is 8.42 Å². The van der Waals surface area contributed by atoms with E-state index in [4.69, 9.17) is 11.6 Å². The largest absolute Gasteiger partial charge is 0.302 e. The van der Waals surface area contributed by atoms with E-state index in [0.717, 1.165) is 24.3 Å². The average Bonchev–Trinajstić information content (AvgIpc) is 2.33. The number of hydrogen-bond donors (Lipinski definition) is 0. The first-order valence-electron chi connectivity index (χ1n) is 6.50. The number of nitrogens with zero attached hydrogens (tertiary/aromatic N) is 1. The molecule has 1 aliphatic rings. The molecule has 0 N–H and O–H groups in total. The van der Waals surface area contributed by atoms with Gasteiger partial charge in [-0.05, 0) is 44.0 Å². The maximum Gasteiger partial charge on any atom is 0.151 e. The van der Waals surface area contributed by atoms with Crippen LogP contribution < -0.4 is 0 Å². The van der Waals surface area contributed by atoms with Crippen molar-refractivity contribution >= 4 is 21.4 Å². The van der Waals surface area contributed by atoms with Gasteiger partial charge in [0.15, 0.2) is 9.84 Å². The van der Waals surface area contributed by atoms with Crippen molar-refractivity contribution in [1.29, 1.82) is 0 Å². The number of sulfone groups is 1. The molecule has 106 valence electrons. The molecular formula is C14H20ClNO2S. The lowest BCUT2D eigenvalue weighted by Crippen LogP contribution is -2.46. The molecule has 0 aliphatic carbocycles. The van der Waals surface area contributed by atoms with Crippen LogP contribution >= 0.6 is 11.6 Å². The highest BCUT2D eigenvalue weighted by Crippen LogP contribution is 2.23. The van der Waals surface area contributed by atoms with Crippen LogP contribution in [0.1, 0.15) is 18.4 Å². The fourth-order valence-corrected chi connectivity index (χ4v) is 3.86. The molecule has 0 spiro atoms. The summed E-state index contributed by atoms with van der Waals surface area (Å²) in [5.41, 5.74) is 1.25. The summed E-state index contributed by atoms with van der Waals surface area (Å²) in [5.74, 6) is 0. The molecule has 1 saturated heterocycles. The Balaban J connectivity index is 1.99. The number of hydrogen-bond acceptors (Lipinski definition) is 3. The van der Waals surface area contributed by atoms with Crippen molar-refractivity contribution in [2.45, 2.75) is 30.6 Å². The molecule has 1 aliphatic heterocycles. The Kier molecular flexibility index (Phi) is 4.54. The quantitative estimate of drug-likeness (QED) is 0.860. The Morgan fingerprint density at radius 1 is 1.26 bits per heavy atom. The second kappa shape index (κ2) is 5.81. The molecule has 0 saturated carbocycles. The van der Waals surface area contributed by atoms with Crippen LogP contribution in [0.5, 0.6) is 0 Å². The van der Waals surface area contributed by atoms with E-state index in [1.165, 1.54) is 11.8 Å². The van der Waals surface area contributed by atoms with Gasteiger partial charge >= 0.3 is 0 Å². The predicted octanol–water partition coefficient (Wildman–Crippen LogP) is 2.39. The SMILES string of the molecule is CN1C[C@H](S(C)(=O)=O)CC[C@@H]1Cc1ccc(Cl)cc1. The lowest BCUT2D eigenvalue weighted by Gasteiger charge is -2.36. The third-order valence-electron chi connectivity index (χ3n) is 3.93. The van der Waals surface area contributed by atoms with E-state index in [1.54, 1.807) is 0 Å². The smallest absolute Gasteiger partial charge is 0.151 e. The molecule has 19 heavy (non-hydrogen) atoms. The van der Waals surface area contributed by atoms with Crippen molar-refractivity contribution in [3.63, 3.8) is 0 Å². The second-order valence-electron chi connectivity index (χ2n) is 5.45. The van der Waals surface area contributed by atoms with Crippen LogP contribution in [0, 0.1) is 0 Å². The van der Waals surface area contributed by atoms with Gasteiger partial charge in [0.2, 0.25) is 0 Å². The fourth-order valence-electron chi connectivity index (χ4n) is 2.66. The Labute approximate surface area is 120 Å². The molecule has 5 heteroatoms. The first-order valence-corrected chi connectivity index (χ1v) is 8.83. The van der Waals surface area contributed by atoms with Gasteiger partial charge < -0.3 is 4.90 Å². The zero-order valence-corrected chi connectivity index (χ0v) is 12.9. The summed E-state index contributed by atoms with van der Waals surface area (Å²) in [6.07, 6.45) is 3.98. The number of piperidine rings is 1. The minimum absolute atomic E-state index is 0.209. The number of likely N-dealkylation sites (N-methyl/N-ethyl adjacent to an activating group) is 1. The van der Waals surface area contributed by atoms with Crippen molar-refractivity contribution in [3.05, 3.63) is 34.9 Å². The first-order chi connectivity index (χ1) is 8.86. The van der Waals surface area contributed by atoms with Gasteiger partial charge in [0.05, 0.1) is 5.25 Å². The number of rotatable bonds is 3. The lowest BCUT2D eigenvalue weighted by molar-refractivity contribution is 0.186. The minimum Gasteiger partial charge on any atom is -0.302 e. The van der Waals surface area contributed by atoms with E-state index >= 15 is 0 Å². The van der Waals surface area contributed by atoms with Gasteiger partial charge in [0, 0.05) is 23.9 Å². The van der Waals surface area contributed by atoms with Gasteiger partial charge in [0.25, 0.3) is 0 Å². The standard InChI is InChI=1S/C14H20ClNO2S/c1-16-10-14(19(2,17)18)8-7-13(16)9-11-3-5-12(15)6-4-11/h3-6,13-14H,7-10H2,1-2H3/t13-,14-/m1/s1. The molecule has 0 aromatic heterocycles. The third-order valence-corrected chi connectivity index (χ3v) is 5.77. The fraction of sp³-hybridized carbons (Fsp3) is 0.571. The summed E-state index contributed by atoms with van der Waals surface area (Å²) >= 11 is 5.88. The molecule has 1 aromatic rings. The Hall–Kier alpha value is -0.580. The summed E-state index contributed by atoms with van der Waals surface area (Å²) in [4.78, 5) is 2.17. The van der Waals surface area contributed by atoms with Gasteiger partial charge in [-0.1, -0.05) is 23.7 Å². The molecule has 0 bridgehead atoms. The van der Waals surface area contributed by atoms with Gasteiger partial charge in [-0.15, -0.1) is 0 Å². The molecule has 0 amide bonds. The van der Waals surface area contributed by atoms with Crippen LogP contribution in [0.2, 0.25) is 5.02 Å². The van der Waals surface area contributed by atoms with Crippen LogP contribution in [0.4, 0.5) is 0 Å². The molecule has 0 radical (unpaired) electrons. The second-order valence-corrected chi connectivity index (χ2v) is 8.22. The zero-order chi connectivity index (χ0) is 14.0. The minimum atomic E-state index is -2.92.